The fourth-order valence-electron chi connectivity index (χ4n) is 2.82. The Kier molecular flexibility index (Phi) is 7.24. The highest BCUT2D eigenvalue weighted by Crippen LogP contribution is 2.15. The first-order valence-corrected chi connectivity index (χ1v) is 9.29. The zero-order chi connectivity index (χ0) is 14.9. The summed E-state index contributed by atoms with van der Waals surface area (Å²) in [6.07, 6.45) is 16.2. The predicted octanol–water partition coefficient (Wildman–Crippen LogP) is 4.67. The number of aromatic nitrogens is 2. The van der Waals surface area contributed by atoms with Gasteiger partial charge in [0.2, 0.25) is 0 Å². The molecule has 0 aliphatic heterocycles. The molecule has 1 unspecified atom stereocenters. The van der Waals surface area contributed by atoms with E-state index in [2.05, 4.69) is 46.4 Å². The smallest absolute Gasteiger partial charge is 0.193 e. The van der Waals surface area contributed by atoms with Gasteiger partial charge in [-0.2, -0.15) is 0 Å². The molecule has 0 amide bonds. The van der Waals surface area contributed by atoms with Crippen LogP contribution in [0.1, 0.15) is 64.0 Å². The highest BCUT2D eigenvalue weighted by molar-refractivity contribution is 7.15. The standard InChI is InChI=1S/C17H29N3S/c1-3-4-5-6-7-8-9-10-15(18-2)13-16-14-20-11-12-21-17(20)19-16/h11-12,14-15,18H,3-10,13H2,1-2H3. The Morgan fingerprint density at radius 2 is 1.95 bits per heavy atom. The van der Waals surface area contributed by atoms with Crippen LogP contribution in [0.5, 0.6) is 0 Å². The normalized spacial score (nSPS) is 13.0. The molecule has 2 aromatic heterocycles. The monoisotopic (exact) mass is 307 g/mol. The summed E-state index contributed by atoms with van der Waals surface area (Å²) < 4.78 is 2.13. The van der Waals surface area contributed by atoms with E-state index in [0.29, 0.717) is 6.04 Å². The summed E-state index contributed by atoms with van der Waals surface area (Å²) in [6, 6.07) is 0.560. The molecule has 0 spiro atoms. The molecule has 0 aliphatic carbocycles. The quantitative estimate of drug-likeness (QED) is 0.611. The summed E-state index contributed by atoms with van der Waals surface area (Å²) in [4.78, 5) is 5.79. The van der Waals surface area contributed by atoms with E-state index in [9.17, 15) is 0 Å². The first-order chi connectivity index (χ1) is 10.3. The van der Waals surface area contributed by atoms with Crippen molar-refractivity contribution < 1.29 is 0 Å². The van der Waals surface area contributed by atoms with Crippen molar-refractivity contribution in [1.29, 1.82) is 0 Å². The molecule has 1 N–H and O–H groups in total. The van der Waals surface area contributed by atoms with E-state index < -0.39 is 0 Å². The summed E-state index contributed by atoms with van der Waals surface area (Å²) in [5.41, 5.74) is 1.21. The highest BCUT2D eigenvalue weighted by Gasteiger charge is 2.10. The number of fused-ring (bicyclic) bond motifs is 1. The molecule has 0 saturated heterocycles. The van der Waals surface area contributed by atoms with Crippen LogP contribution in [-0.4, -0.2) is 22.5 Å². The van der Waals surface area contributed by atoms with Crippen LogP contribution >= 0.6 is 11.3 Å². The lowest BCUT2D eigenvalue weighted by molar-refractivity contribution is 0.476. The second-order valence-electron chi connectivity index (χ2n) is 5.92. The average molecular weight is 308 g/mol. The van der Waals surface area contributed by atoms with E-state index in [1.807, 2.05) is 0 Å². The van der Waals surface area contributed by atoms with Gasteiger partial charge >= 0.3 is 0 Å². The minimum Gasteiger partial charge on any atom is -0.317 e. The Balaban J connectivity index is 1.65. The van der Waals surface area contributed by atoms with Gasteiger partial charge in [0.1, 0.15) is 0 Å². The molecule has 3 nitrogen and oxygen atoms in total. The molecule has 0 bridgehead atoms. The van der Waals surface area contributed by atoms with E-state index in [1.165, 1.54) is 57.1 Å². The molecular weight excluding hydrogens is 278 g/mol. The second-order valence-corrected chi connectivity index (χ2v) is 6.80. The van der Waals surface area contributed by atoms with Crippen LogP contribution in [-0.2, 0) is 6.42 Å². The Bertz CT molecular complexity index is 474. The number of nitrogens with zero attached hydrogens (tertiary/aromatic N) is 2. The lowest BCUT2D eigenvalue weighted by Crippen LogP contribution is -2.27. The number of hydrogen-bond acceptors (Lipinski definition) is 3. The predicted molar refractivity (Wildman–Crippen MR) is 92.2 cm³/mol. The van der Waals surface area contributed by atoms with Crippen molar-refractivity contribution in [2.75, 3.05) is 7.05 Å². The zero-order valence-corrected chi connectivity index (χ0v) is 14.3. The van der Waals surface area contributed by atoms with Gasteiger partial charge in [0.15, 0.2) is 4.96 Å². The molecular formula is C17H29N3S. The molecule has 4 heteroatoms. The number of rotatable bonds is 11. The van der Waals surface area contributed by atoms with Gasteiger partial charge in [-0.05, 0) is 13.5 Å². The van der Waals surface area contributed by atoms with Crippen LogP contribution in [0.15, 0.2) is 17.8 Å². The Morgan fingerprint density at radius 3 is 2.67 bits per heavy atom. The lowest BCUT2D eigenvalue weighted by Gasteiger charge is -2.14. The first kappa shape index (κ1) is 16.5. The van der Waals surface area contributed by atoms with Gasteiger partial charge in [0.05, 0.1) is 5.69 Å². The van der Waals surface area contributed by atoms with Crippen molar-refractivity contribution in [1.82, 2.24) is 14.7 Å². The second kappa shape index (κ2) is 9.21. The molecule has 2 heterocycles. The van der Waals surface area contributed by atoms with Crippen LogP contribution < -0.4 is 5.32 Å². The topological polar surface area (TPSA) is 29.3 Å². The number of nitrogens with one attached hydrogen (secondary N) is 1. The minimum atomic E-state index is 0.560. The van der Waals surface area contributed by atoms with Gasteiger partial charge in [0, 0.05) is 30.2 Å². The Hall–Kier alpha value is -0.870. The molecule has 2 rings (SSSR count). The van der Waals surface area contributed by atoms with Crippen molar-refractivity contribution in [3.63, 3.8) is 0 Å². The highest BCUT2D eigenvalue weighted by atomic mass is 32.1. The third-order valence-corrected chi connectivity index (χ3v) is 4.93. The summed E-state index contributed by atoms with van der Waals surface area (Å²) >= 11 is 1.71. The van der Waals surface area contributed by atoms with Crippen molar-refractivity contribution in [3.05, 3.63) is 23.5 Å². The maximum atomic E-state index is 4.68. The largest absolute Gasteiger partial charge is 0.317 e. The van der Waals surface area contributed by atoms with Gasteiger partial charge in [-0.3, -0.25) is 4.40 Å². The summed E-state index contributed by atoms with van der Waals surface area (Å²) in [5, 5.41) is 5.54. The van der Waals surface area contributed by atoms with Crippen LogP contribution in [0, 0.1) is 0 Å². The lowest BCUT2D eigenvalue weighted by atomic mass is 10.0. The van der Waals surface area contributed by atoms with Crippen molar-refractivity contribution in [2.24, 2.45) is 0 Å². The third-order valence-electron chi connectivity index (χ3n) is 4.16. The van der Waals surface area contributed by atoms with E-state index in [0.717, 1.165) is 11.4 Å². The van der Waals surface area contributed by atoms with E-state index in [-0.39, 0.29) is 0 Å². The molecule has 118 valence electrons. The van der Waals surface area contributed by atoms with Crippen LogP contribution in [0.2, 0.25) is 0 Å². The number of hydrogen-bond donors (Lipinski definition) is 1. The van der Waals surface area contributed by atoms with Crippen molar-refractivity contribution >= 4 is 16.3 Å². The van der Waals surface area contributed by atoms with Gasteiger partial charge in [-0.25, -0.2) is 4.98 Å². The maximum Gasteiger partial charge on any atom is 0.193 e. The number of likely N-dealkylation sites (N-methyl/N-ethyl adjacent to an activating group) is 1. The minimum absolute atomic E-state index is 0.560. The van der Waals surface area contributed by atoms with Crippen LogP contribution in [0.3, 0.4) is 0 Å². The zero-order valence-electron chi connectivity index (χ0n) is 13.5. The number of thiazole rings is 1. The maximum absolute atomic E-state index is 4.68. The molecule has 0 fully saturated rings. The summed E-state index contributed by atoms with van der Waals surface area (Å²) in [7, 11) is 2.07. The fraction of sp³-hybridized carbons (Fsp3) is 0.706. The van der Waals surface area contributed by atoms with Gasteiger partial charge in [-0.1, -0.05) is 51.9 Å². The summed E-state index contributed by atoms with van der Waals surface area (Å²) in [5.74, 6) is 0. The van der Waals surface area contributed by atoms with Crippen LogP contribution in [0.25, 0.3) is 4.96 Å². The molecule has 0 radical (unpaired) electrons. The number of imidazole rings is 1. The SMILES string of the molecule is CCCCCCCCCC(Cc1cn2ccsc2n1)NC. The Labute approximate surface area is 132 Å². The average Bonchev–Trinajstić information content (AvgIpc) is 3.06. The van der Waals surface area contributed by atoms with Crippen molar-refractivity contribution in [3.8, 4) is 0 Å². The van der Waals surface area contributed by atoms with Gasteiger partial charge in [-0.15, -0.1) is 11.3 Å². The Morgan fingerprint density at radius 1 is 1.19 bits per heavy atom. The molecule has 0 aliphatic rings. The van der Waals surface area contributed by atoms with Gasteiger partial charge < -0.3 is 5.32 Å². The van der Waals surface area contributed by atoms with E-state index in [4.69, 9.17) is 0 Å². The van der Waals surface area contributed by atoms with E-state index >= 15 is 0 Å². The first-order valence-electron chi connectivity index (χ1n) is 8.41. The molecule has 21 heavy (non-hydrogen) atoms. The summed E-state index contributed by atoms with van der Waals surface area (Å²) in [6.45, 7) is 2.28. The molecule has 2 aromatic rings. The van der Waals surface area contributed by atoms with Gasteiger partial charge in [0.25, 0.3) is 0 Å². The van der Waals surface area contributed by atoms with Crippen LogP contribution in [0.4, 0.5) is 0 Å². The van der Waals surface area contributed by atoms with E-state index in [1.54, 1.807) is 11.3 Å². The third kappa shape index (κ3) is 5.44. The fourth-order valence-corrected chi connectivity index (χ4v) is 3.54. The number of unbranched alkanes of at least 4 members (excludes halogenated alkanes) is 6. The molecule has 0 aromatic carbocycles. The molecule has 0 saturated carbocycles. The van der Waals surface area contributed by atoms with Crippen molar-refractivity contribution in [2.45, 2.75) is 70.8 Å². The molecule has 1 atom stereocenters.